The molecule has 1 aromatic rings. The standard InChI is InChI=1S/C13H14ClNO3/c1-18-12-4-3-11(14)7-10(12)6-9(8-15)2-5-13(16)17/h3-4,7,9H,2,5-6H2,1H3,(H,16,17). The van der Waals surface area contributed by atoms with Gasteiger partial charge >= 0.3 is 5.97 Å². The van der Waals surface area contributed by atoms with E-state index in [0.29, 0.717) is 23.6 Å². The van der Waals surface area contributed by atoms with E-state index in [4.69, 9.17) is 26.7 Å². The number of rotatable bonds is 6. The zero-order valence-corrected chi connectivity index (χ0v) is 10.8. The minimum atomic E-state index is -0.895. The molecule has 0 fully saturated rings. The molecule has 1 aromatic carbocycles. The maximum absolute atomic E-state index is 10.5. The predicted molar refractivity (Wildman–Crippen MR) is 67.7 cm³/mol. The van der Waals surface area contributed by atoms with Crippen molar-refractivity contribution in [3.8, 4) is 11.8 Å². The average molecular weight is 268 g/mol. The molecule has 0 amide bonds. The zero-order chi connectivity index (χ0) is 13.5. The SMILES string of the molecule is COc1ccc(Cl)cc1CC(C#N)CCC(=O)O. The van der Waals surface area contributed by atoms with E-state index in [2.05, 4.69) is 6.07 Å². The molecule has 4 nitrogen and oxygen atoms in total. The van der Waals surface area contributed by atoms with Gasteiger partial charge < -0.3 is 9.84 Å². The van der Waals surface area contributed by atoms with Crippen molar-refractivity contribution in [2.75, 3.05) is 7.11 Å². The Morgan fingerprint density at radius 1 is 1.61 bits per heavy atom. The topological polar surface area (TPSA) is 70.3 Å². The van der Waals surface area contributed by atoms with Crippen LogP contribution in [0.3, 0.4) is 0 Å². The number of nitrogens with zero attached hydrogens (tertiary/aromatic N) is 1. The fourth-order valence-corrected chi connectivity index (χ4v) is 1.88. The Labute approximate surface area is 111 Å². The van der Waals surface area contributed by atoms with E-state index in [1.54, 1.807) is 25.3 Å². The molecule has 0 aliphatic rings. The Kier molecular flexibility index (Phi) is 5.47. The molecule has 0 aliphatic heterocycles. The van der Waals surface area contributed by atoms with Gasteiger partial charge in [0.2, 0.25) is 0 Å². The molecule has 5 heteroatoms. The smallest absolute Gasteiger partial charge is 0.303 e. The number of benzene rings is 1. The second-order valence-corrected chi connectivity index (χ2v) is 4.36. The lowest BCUT2D eigenvalue weighted by Gasteiger charge is -2.12. The molecule has 0 saturated heterocycles. The van der Waals surface area contributed by atoms with Crippen molar-refractivity contribution in [2.45, 2.75) is 19.3 Å². The molecule has 0 bridgehead atoms. The first-order valence-electron chi connectivity index (χ1n) is 5.50. The quantitative estimate of drug-likeness (QED) is 0.860. The molecule has 1 atom stereocenters. The number of nitriles is 1. The van der Waals surface area contributed by atoms with Gasteiger partial charge in [-0.2, -0.15) is 5.26 Å². The van der Waals surface area contributed by atoms with Crippen molar-refractivity contribution in [2.24, 2.45) is 5.92 Å². The first-order chi connectivity index (χ1) is 8.56. The van der Waals surface area contributed by atoms with E-state index in [-0.39, 0.29) is 12.3 Å². The molecule has 18 heavy (non-hydrogen) atoms. The van der Waals surface area contributed by atoms with Gasteiger partial charge in [-0.1, -0.05) is 11.6 Å². The summed E-state index contributed by atoms with van der Waals surface area (Å²) < 4.78 is 5.19. The number of halogens is 1. The van der Waals surface area contributed by atoms with E-state index in [1.807, 2.05) is 0 Å². The fourth-order valence-electron chi connectivity index (χ4n) is 1.68. The van der Waals surface area contributed by atoms with Gasteiger partial charge in [0.1, 0.15) is 5.75 Å². The van der Waals surface area contributed by atoms with Crippen LogP contribution in [0.15, 0.2) is 18.2 Å². The molecular weight excluding hydrogens is 254 g/mol. The van der Waals surface area contributed by atoms with Gasteiger partial charge in [0.15, 0.2) is 0 Å². The Balaban J connectivity index is 2.78. The summed E-state index contributed by atoms with van der Waals surface area (Å²) in [5, 5.41) is 18.2. The number of ether oxygens (including phenoxy) is 1. The fraction of sp³-hybridized carbons (Fsp3) is 0.385. The highest BCUT2D eigenvalue weighted by molar-refractivity contribution is 6.30. The summed E-state index contributed by atoms with van der Waals surface area (Å²) in [7, 11) is 1.55. The third-order valence-corrected chi connectivity index (χ3v) is 2.83. The van der Waals surface area contributed by atoms with Crippen LogP contribution < -0.4 is 4.74 Å². The summed E-state index contributed by atoms with van der Waals surface area (Å²) in [5.74, 6) is -0.586. The second-order valence-electron chi connectivity index (χ2n) is 3.92. The maximum atomic E-state index is 10.5. The Hall–Kier alpha value is -1.73. The molecule has 0 aromatic heterocycles. The number of hydrogen-bond acceptors (Lipinski definition) is 3. The van der Waals surface area contributed by atoms with E-state index < -0.39 is 5.97 Å². The zero-order valence-electron chi connectivity index (χ0n) is 10.0. The number of carbonyl (C=O) groups is 1. The van der Waals surface area contributed by atoms with Crippen LogP contribution in [-0.4, -0.2) is 18.2 Å². The first-order valence-corrected chi connectivity index (χ1v) is 5.88. The summed E-state index contributed by atoms with van der Waals surface area (Å²) >= 11 is 5.90. The number of carboxylic acid groups (broad SMARTS) is 1. The Bertz CT molecular complexity index is 468. The van der Waals surface area contributed by atoms with Crippen LogP contribution in [0.2, 0.25) is 5.02 Å². The van der Waals surface area contributed by atoms with Gasteiger partial charge in [-0.15, -0.1) is 0 Å². The van der Waals surface area contributed by atoms with Crippen LogP contribution in [0.25, 0.3) is 0 Å². The highest BCUT2D eigenvalue weighted by Crippen LogP contribution is 2.26. The molecule has 1 unspecified atom stereocenters. The summed E-state index contributed by atoms with van der Waals surface area (Å²) in [6, 6.07) is 7.31. The highest BCUT2D eigenvalue weighted by atomic mass is 35.5. The van der Waals surface area contributed by atoms with Gasteiger partial charge in [-0.05, 0) is 36.6 Å². The van der Waals surface area contributed by atoms with Crippen molar-refractivity contribution >= 4 is 17.6 Å². The normalized spacial score (nSPS) is 11.6. The number of carboxylic acids is 1. The van der Waals surface area contributed by atoms with Crippen molar-refractivity contribution in [3.63, 3.8) is 0 Å². The largest absolute Gasteiger partial charge is 0.496 e. The summed E-state index contributed by atoms with van der Waals surface area (Å²) in [6.45, 7) is 0. The molecule has 0 saturated carbocycles. The van der Waals surface area contributed by atoms with Crippen LogP contribution in [0.4, 0.5) is 0 Å². The van der Waals surface area contributed by atoms with Crippen molar-refractivity contribution in [1.82, 2.24) is 0 Å². The van der Waals surface area contributed by atoms with Gasteiger partial charge in [0.25, 0.3) is 0 Å². The molecular formula is C13H14ClNO3. The average Bonchev–Trinajstić information content (AvgIpc) is 2.34. The van der Waals surface area contributed by atoms with E-state index in [0.717, 1.165) is 5.56 Å². The lowest BCUT2D eigenvalue weighted by molar-refractivity contribution is -0.137. The number of methoxy groups -OCH3 is 1. The molecule has 0 aliphatic carbocycles. The lowest BCUT2D eigenvalue weighted by Crippen LogP contribution is -2.06. The maximum Gasteiger partial charge on any atom is 0.303 e. The van der Waals surface area contributed by atoms with Crippen molar-refractivity contribution in [1.29, 1.82) is 5.26 Å². The molecule has 0 spiro atoms. The minimum Gasteiger partial charge on any atom is -0.496 e. The van der Waals surface area contributed by atoms with Gasteiger partial charge in [-0.3, -0.25) is 4.79 Å². The first kappa shape index (κ1) is 14.3. The van der Waals surface area contributed by atoms with Gasteiger partial charge in [0.05, 0.1) is 19.1 Å². The summed E-state index contributed by atoms with van der Waals surface area (Å²) in [6.07, 6.45) is 0.746. The second kappa shape index (κ2) is 6.87. The van der Waals surface area contributed by atoms with Gasteiger partial charge in [0, 0.05) is 11.4 Å². The molecule has 1 rings (SSSR count). The lowest BCUT2D eigenvalue weighted by atomic mass is 9.95. The Morgan fingerprint density at radius 3 is 2.89 bits per heavy atom. The molecule has 1 N–H and O–H groups in total. The minimum absolute atomic E-state index is 0.0128. The van der Waals surface area contributed by atoms with Crippen LogP contribution in [0, 0.1) is 17.2 Å². The van der Waals surface area contributed by atoms with Gasteiger partial charge in [-0.25, -0.2) is 0 Å². The van der Waals surface area contributed by atoms with Crippen molar-refractivity contribution < 1.29 is 14.6 Å². The molecule has 0 radical (unpaired) electrons. The summed E-state index contributed by atoms with van der Waals surface area (Å²) in [4.78, 5) is 10.5. The van der Waals surface area contributed by atoms with Crippen LogP contribution in [0.1, 0.15) is 18.4 Å². The van der Waals surface area contributed by atoms with E-state index in [9.17, 15) is 4.79 Å². The van der Waals surface area contributed by atoms with E-state index in [1.165, 1.54) is 0 Å². The molecule has 96 valence electrons. The summed E-state index contributed by atoms with van der Waals surface area (Å²) in [5.41, 5.74) is 0.821. The van der Waals surface area contributed by atoms with Crippen LogP contribution in [0.5, 0.6) is 5.75 Å². The monoisotopic (exact) mass is 267 g/mol. The third-order valence-electron chi connectivity index (χ3n) is 2.60. The molecule has 0 heterocycles. The highest BCUT2D eigenvalue weighted by Gasteiger charge is 2.14. The Morgan fingerprint density at radius 2 is 2.33 bits per heavy atom. The number of aliphatic carboxylic acids is 1. The van der Waals surface area contributed by atoms with Crippen LogP contribution >= 0.6 is 11.6 Å². The third kappa shape index (κ3) is 4.27. The van der Waals surface area contributed by atoms with E-state index >= 15 is 0 Å². The van der Waals surface area contributed by atoms with Crippen molar-refractivity contribution in [3.05, 3.63) is 28.8 Å². The number of hydrogen-bond donors (Lipinski definition) is 1. The van der Waals surface area contributed by atoms with Crippen LogP contribution in [-0.2, 0) is 11.2 Å². The predicted octanol–water partition coefficient (Wildman–Crippen LogP) is 2.90.